The van der Waals surface area contributed by atoms with Crippen molar-refractivity contribution in [2.75, 3.05) is 6.61 Å². The lowest BCUT2D eigenvalue weighted by Crippen LogP contribution is -2.34. The minimum atomic E-state index is -0.114. The van der Waals surface area contributed by atoms with E-state index in [1.165, 1.54) is 88.2 Å². The molecule has 0 saturated heterocycles. The zero-order valence-corrected chi connectivity index (χ0v) is 36.2. The number of aryl methyl sites for hydroxylation is 1. The van der Waals surface area contributed by atoms with Crippen LogP contribution in [-0.2, 0) is 20.8 Å². The molecule has 0 aromatic heterocycles. The van der Waals surface area contributed by atoms with E-state index in [0.29, 0.717) is 34.9 Å². The van der Waals surface area contributed by atoms with Crippen molar-refractivity contribution in [2.45, 2.75) is 179 Å². The van der Waals surface area contributed by atoms with Crippen LogP contribution < -0.4 is 0 Å². The number of allylic oxidation sites excluding steroid dienone is 2. The Labute approximate surface area is 348 Å². The second kappa shape index (κ2) is 32.6. The van der Waals surface area contributed by atoms with Gasteiger partial charge in [-0.05, 0) is 143 Å². The average molecular weight is 785 g/mol. The maximum absolute atomic E-state index is 14.0. The molecule has 3 fully saturated rings. The summed E-state index contributed by atoms with van der Waals surface area (Å²) in [5, 5.41) is 17.0. The van der Waals surface area contributed by atoms with Crippen molar-refractivity contribution in [3.8, 4) is 0 Å². The Bertz CT molecular complexity index is 1120. The molecule has 3 aliphatic carbocycles. The Balaban J connectivity index is -0.00000118. The first-order valence-corrected chi connectivity index (χ1v) is 21.5. The van der Waals surface area contributed by atoms with E-state index in [9.17, 15) is 4.79 Å². The SMILES string of the molecule is C.C.C=C(C)C(CCC)CCC1C(C(=O)C(C)C2CCCC(CCCc3ccccc3)C2)CC2C1C2(C)C.C=CCCCO.C=O.C=O.CC(C)CCC(C)O. The van der Waals surface area contributed by atoms with E-state index >= 15 is 0 Å². The molecule has 5 heteroatoms. The fourth-order valence-corrected chi connectivity index (χ4v) is 9.54. The monoisotopic (exact) mass is 785 g/mol. The molecule has 3 saturated carbocycles. The standard InChI is InChI=1S/C35H54O.C7H16O.C5H10O.2CH2O.2CH4/c1-7-13-28(24(2)3)20-21-30-31(23-32-33(30)35(32,5)6)34(36)25(4)29-19-12-18-27(22-29)17-11-16-26-14-9-8-10-15-26;1-6(2)4-5-7(3)8;1-2-3-4-5-6;2*1-2;;/h8-10,14-15,25,27-33H,2,7,11-13,16-23H2,1,3-6H3;6-8H,4-5H2,1-3H3;2,6H,1,3-5H2;2*1H2;2*1H4. The second-order valence-electron chi connectivity index (χ2n) is 17.7. The molecule has 0 heterocycles. The first-order valence-electron chi connectivity index (χ1n) is 21.5. The van der Waals surface area contributed by atoms with Gasteiger partial charge in [-0.3, -0.25) is 4.79 Å². The number of carbonyl (C=O) groups is 3. The number of rotatable bonds is 19. The van der Waals surface area contributed by atoms with E-state index in [-0.39, 0.29) is 33.5 Å². The molecular formula is C51H92O5. The highest BCUT2D eigenvalue weighted by atomic mass is 16.3. The zero-order chi connectivity index (χ0) is 41.3. The number of ketones is 1. The third-order valence-corrected chi connectivity index (χ3v) is 12.8. The number of aliphatic hydroxyl groups excluding tert-OH is 2. The summed E-state index contributed by atoms with van der Waals surface area (Å²) in [4.78, 5) is 30.0. The Morgan fingerprint density at radius 2 is 1.54 bits per heavy atom. The van der Waals surface area contributed by atoms with Crippen LogP contribution in [0.1, 0.15) is 172 Å². The summed E-state index contributed by atoms with van der Waals surface area (Å²) in [5.74, 6) is 6.20. The summed E-state index contributed by atoms with van der Waals surface area (Å²) < 4.78 is 0. The van der Waals surface area contributed by atoms with Gasteiger partial charge < -0.3 is 19.8 Å². The third-order valence-electron chi connectivity index (χ3n) is 12.8. The molecule has 5 nitrogen and oxygen atoms in total. The van der Waals surface area contributed by atoms with Crippen LogP contribution in [0.25, 0.3) is 0 Å². The Kier molecular flexibility index (Phi) is 33.7. The van der Waals surface area contributed by atoms with Crippen molar-refractivity contribution in [3.05, 3.63) is 60.7 Å². The number of benzene rings is 1. The summed E-state index contributed by atoms with van der Waals surface area (Å²) in [6, 6.07) is 10.9. The van der Waals surface area contributed by atoms with E-state index in [1.54, 1.807) is 6.08 Å². The fourth-order valence-electron chi connectivity index (χ4n) is 9.54. The summed E-state index contributed by atoms with van der Waals surface area (Å²) >= 11 is 0. The number of fused-ring (bicyclic) bond motifs is 1. The molecule has 56 heavy (non-hydrogen) atoms. The lowest BCUT2D eigenvalue weighted by molar-refractivity contribution is -0.130. The number of aliphatic hydroxyl groups is 2. The van der Waals surface area contributed by atoms with Crippen LogP contribution in [0, 0.1) is 58.7 Å². The molecule has 0 amide bonds. The topological polar surface area (TPSA) is 91.7 Å². The number of hydrogen-bond donors (Lipinski definition) is 2. The van der Waals surface area contributed by atoms with E-state index in [4.69, 9.17) is 19.8 Å². The van der Waals surface area contributed by atoms with Gasteiger partial charge in [0.2, 0.25) is 0 Å². The Morgan fingerprint density at radius 1 is 0.911 bits per heavy atom. The zero-order valence-electron chi connectivity index (χ0n) is 36.2. The molecule has 2 N–H and O–H groups in total. The molecule has 3 aliphatic rings. The van der Waals surface area contributed by atoms with Crippen molar-refractivity contribution in [2.24, 2.45) is 58.7 Å². The lowest BCUT2D eigenvalue weighted by atomic mass is 9.68. The number of Topliss-reactive ketones (excluding diaryl/α,β-unsaturated/α-hetero) is 1. The second-order valence-corrected chi connectivity index (χ2v) is 17.7. The molecule has 4 rings (SSSR count). The molecule has 0 aliphatic heterocycles. The molecule has 0 spiro atoms. The van der Waals surface area contributed by atoms with Gasteiger partial charge in [-0.1, -0.05) is 131 Å². The van der Waals surface area contributed by atoms with Gasteiger partial charge in [0.1, 0.15) is 19.4 Å². The van der Waals surface area contributed by atoms with Gasteiger partial charge >= 0.3 is 0 Å². The van der Waals surface area contributed by atoms with Gasteiger partial charge in [0.15, 0.2) is 0 Å². The van der Waals surface area contributed by atoms with E-state index in [0.717, 1.165) is 49.4 Å². The van der Waals surface area contributed by atoms with Gasteiger partial charge in [-0.15, -0.1) is 6.58 Å². The Morgan fingerprint density at radius 3 is 2.02 bits per heavy atom. The van der Waals surface area contributed by atoms with Crippen LogP contribution >= 0.6 is 0 Å². The quantitative estimate of drug-likeness (QED) is 0.108. The maximum Gasteiger partial charge on any atom is 0.139 e. The van der Waals surface area contributed by atoms with Crippen LogP contribution in [0.3, 0.4) is 0 Å². The maximum atomic E-state index is 14.0. The minimum absolute atomic E-state index is 0. The number of hydrogen-bond acceptors (Lipinski definition) is 5. The van der Waals surface area contributed by atoms with E-state index in [1.807, 2.05) is 20.5 Å². The predicted octanol–water partition coefficient (Wildman–Crippen LogP) is 13.4. The fraction of sp³-hybridized carbons (Fsp3) is 0.745. The van der Waals surface area contributed by atoms with Gasteiger partial charge in [-0.2, -0.15) is 0 Å². The van der Waals surface area contributed by atoms with Gasteiger partial charge in [0.25, 0.3) is 0 Å². The minimum Gasteiger partial charge on any atom is -0.396 e. The first kappa shape index (κ1) is 58.0. The van der Waals surface area contributed by atoms with Crippen LogP contribution in [0.5, 0.6) is 0 Å². The van der Waals surface area contributed by atoms with Crippen LogP contribution in [-0.4, -0.2) is 42.3 Å². The Hall–Kier alpha value is -2.37. The summed E-state index contributed by atoms with van der Waals surface area (Å²) in [6.07, 6.45) is 20.7. The largest absolute Gasteiger partial charge is 0.396 e. The average Bonchev–Trinajstić information content (AvgIpc) is 3.48. The number of carbonyl (C=O) groups excluding carboxylic acids is 3. The molecule has 0 bridgehead atoms. The van der Waals surface area contributed by atoms with Gasteiger partial charge in [0, 0.05) is 18.4 Å². The van der Waals surface area contributed by atoms with E-state index < -0.39 is 0 Å². The van der Waals surface area contributed by atoms with Gasteiger partial charge in [-0.25, -0.2) is 0 Å². The summed E-state index contributed by atoms with van der Waals surface area (Å²) in [6.45, 7) is 30.0. The van der Waals surface area contributed by atoms with Crippen LogP contribution in [0.2, 0.25) is 0 Å². The van der Waals surface area contributed by atoms with Crippen molar-refractivity contribution >= 4 is 19.4 Å². The van der Waals surface area contributed by atoms with Crippen molar-refractivity contribution in [1.82, 2.24) is 0 Å². The summed E-state index contributed by atoms with van der Waals surface area (Å²) in [5.41, 5.74) is 3.27. The van der Waals surface area contributed by atoms with Crippen molar-refractivity contribution in [3.63, 3.8) is 0 Å². The van der Waals surface area contributed by atoms with Crippen LogP contribution in [0.4, 0.5) is 0 Å². The molecule has 1 aromatic carbocycles. The number of unbranched alkanes of at least 4 members (excludes halogenated alkanes) is 1. The molecule has 326 valence electrons. The predicted molar refractivity (Wildman–Crippen MR) is 244 cm³/mol. The summed E-state index contributed by atoms with van der Waals surface area (Å²) in [7, 11) is 0. The highest BCUT2D eigenvalue weighted by molar-refractivity contribution is 5.84. The van der Waals surface area contributed by atoms with Crippen LogP contribution in [0.15, 0.2) is 55.1 Å². The molecule has 1 aromatic rings. The molecular weight excluding hydrogens is 693 g/mol. The van der Waals surface area contributed by atoms with E-state index in [2.05, 4.69) is 92.0 Å². The molecule has 9 atom stereocenters. The smallest absolute Gasteiger partial charge is 0.139 e. The highest BCUT2D eigenvalue weighted by Crippen LogP contribution is 2.72. The van der Waals surface area contributed by atoms with Gasteiger partial charge in [0.05, 0.1) is 6.10 Å². The normalized spacial score (nSPS) is 24.0. The molecule has 0 radical (unpaired) electrons. The highest BCUT2D eigenvalue weighted by Gasteiger charge is 2.67. The third kappa shape index (κ3) is 20.9. The lowest BCUT2D eigenvalue weighted by Gasteiger charge is -2.35. The first-order chi connectivity index (χ1) is 25.8. The van der Waals surface area contributed by atoms with Crippen molar-refractivity contribution in [1.29, 1.82) is 0 Å². The van der Waals surface area contributed by atoms with Crippen molar-refractivity contribution < 1.29 is 24.6 Å². The molecule has 9 unspecified atom stereocenters.